The first kappa shape index (κ1) is 16.0. The van der Waals surface area contributed by atoms with Crippen molar-refractivity contribution in [3.05, 3.63) is 16.6 Å². The topological polar surface area (TPSA) is 34.6 Å². The maximum absolute atomic E-state index is 6.25. The molecule has 2 aliphatic heterocycles. The second-order valence-corrected chi connectivity index (χ2v) is 8.60. The molecule has 5 heteroatoms. The summed E-state index contributed by atoms with van der Waals surface area (Å²) in [7, 11) is 0. The van der Waals surface area contributed by atoms with Crippen molar-refractivity contribution in [3.63, 3.8) is 0 Å². The Morgan fingerprint density at radius 3 is 3.09 bits per heavy atom. The molecule has 0 radical (unpaired) electrons. The Hall–Kier alpha value is -0.490. The molecule has 1 saturated carbocycles. The quantitative estimate of drug-likeness (QED) is 0.799. The number of hydrogen-bond donors (Lipinski definition) is 0. The standard InChI is InChI=1S/C18H28N2O2S/c1-2-16-10-20(11-17-19-6-9-23-17)13-18(16,5-1)14-22-12-15-3-7-21-8-4-15/h6,9,15-16H,1-5,7-8,10-14H2/t16-,18+/m0/s1. The third-order valence-corrected chi connectivity index (χ3v) is 6.80. The van der Waals surface area contributed by atoms with Crippen LogP contribution in [0.2, 0.25) is 0 Å². The lowest BCUT2D eigenvalue weighted by molar-refractivity contribution is -0.0127. The Labute approximate surface area is 143 Å². The van der Waals surface area contributed by atoms with E-state index < -0.39 is 0 Å². The van der Waals surface area contributed by atoms with Gasteiger partial charge in [-0.15, -0.1) is 11.3 Å². The van der Waals surface area contributed by atoms with Gasteiger partial charge in [0.25, 0.3) is 0 Å². The van der Waals surface area contributed by atoms with Crippen LogP contribution in [0.3, 0.4) is 0 Å². The van der Waals surface area contributed by atoms with Gasteiger partial charge in [0, 0.05) is 49.9 Å². The summed E-state index contributed by atoms with van der Waals surface area (Å²) in [6.45, 7) is 7.20. The lowest BCUT2D eigenvalue weighted by atomic mass is 9.81. The van der Waals surface area contributed by atoms with Gasteiger partial charge in [0.15, 0.2) is 0 Å². The summed E-state index contributed by atoms with van der Waals surface area (Å²) in [5.74, 6) is 1.55. The van der Waals surface area contributed by atoms with Crippen LogP contribution in [0.1, 0.15) is 37.1 Å². The highest BCUT2D eigenvalue weighted by molar-refractivity contribution is 7.09. The van der Waals surface area contributed by atoms with Gasteiger partial charge in [-0.25, -0.2) is 4.98 Å². The van der Waals surface area contributed by atoms with E-state index in [1.807, 2.05) is 6.20 Å². The van der Waals surface area contributed by atoms with Crippen LogP contribution >= 0.6 is 11.3 Å². The maximum atomic E-state index is 6.25. The molecular weight excluding hydrogens is 308 g/mol. The van der Waals surface area contributed by atoms with Crippen molar-refractivity contribution in [2.24, 2.45) is 17.3 Å². The molecule has 2 saturated heterocycles. The molecule has 1 aromatic heterocycles. The predicted molar refractivity (Wildman–Crippen MR) is 91.5 cm³/mol. The Balaban J connectivity index is 1.30. The van der Waals surface area contributed by atoms with E-state index in [0.717, 1.165) is 38.9 Å². The zero-order chi connectivity index (χ0) is 15.5. The second-order valence-electron chi connectivity index (χ2n) is 7.62. The molecule has 23 heavy (non-hydrogen) atoms. The SMILES string of the molecule is c1csc(CN2C[C@@H]3CCC[C@]3(COCC3CCOCC3)C2)n1. The minimum Gasteiger partial charge on any atom is -0.381 e. The molecule has 0 N–H and O–H groups in total. The molecule has 0 amide bonds. The average molecular weight is 337 g/mol. The van der Waals surface area contributed by atoms with Crippen LogP contribution in [0.4, 0.5) is 0 Å². The minimum atomic E-state index is 0.419. The molecule has 4 nitrogen and oxygen atoms in total. The molecule has 1 aliphatic carbocycles. The van der Waals surface area contributed by atoms with Crippen molar-refractivity contribution in [2.75, 3.05) is 39.5 Å². The van der Waals surface area contributed by atoms with Gasteiger partial charge in [0.1, 0.15) is 5.01 Å². The largest absolute Gasteiger partial charge is 0.381 e. The average Bonchev–Trinajstić information content (AvgIpc) is 3.25. The van der Waals surface area contributed by atoms with Crippen molar-refractivity contribution in [2.45, 2.75) is 38.6 Å². The summed E-state index contributed by atoms with van der Waals surface area (Å²) in [5.41, 5.74) is 0.419. The van der Waals surface area contributed by atoms with E-state index in [1.54, 1.807) is 11.3 Å². The first-order valence-corrected chi connectivity index (χ1v) is 9.98. The number of fused-ring (bicyclic) bond motifs is 1. The van der Waals surface area contributed by atoms with E-state index in [2.05, 4.69) is 15.3 Å². The van der Waals surface area contributed by atoms with Gasteiger partial charge in [-0.05, 0) is 37.5 Å². The molecule has 0 bridgehead atoms. The fourth-order valence-corrected chi connectivity index (χ4v) is 5.40. The van der Waals surface area contributed by atoms with Gasteiger partial charge in [0.05, 0.1) is 13.2 Å². The normalized spacial score (nSPS) is 32.4. The van der Waals surface area contributed by atoms with Crippen LogP contribution < -0.4 is 0 Å². The number of likely N-dealkylation sites (tertiary alicyclic amines) is 1. The number of ether oxygens (including phenoxy) is 2. The van der Waals surface area contributed by atoms with E-state index in [-0.39, 0.29) is 0 Å². The summed E-state index contributed by atoms with van der Waals surface area (Å²) >= 11 is 1.78. The molecule has 1 aromatic rings. The molecule has 0 unspecified atom stereocenters. The smallest absolute Gasteiger partial charge is 0.107 e. The Morgan fingerprint density at radius 1 is 1.35 bits per heavy atom. The fourth-order valence-electron chi connectivity index (χ4n) is 4.75. The van der Waals surface area contributed by atoms with E-state index in [1.165, 1.54) is 50.2 Å². The zero-order valence-electron chi connectivity index (χ0n) is 13.9. The van der Waals surface area contributed by atoms with Crippen LogP contribution in [0.15, 0.2) is 11.6 Å². The first-order chi connectivity index (χ1) is 11.3. The summed E-state index contributed by atoms with van der Waals surface area (Å²) in [4.78, 5) is 7.07. The molecule has 0 aromatic carbocycles. The highest BCUT2D eigenvalue weighted by Crippen LogP contribution is 2.49. The van der Waals surface area contributed by atoms with Gasteiger partial charge in [-0.2, -0.15) is 0 Å². The fraction of sp³-hybridized carbons (Fsp3) is 0.833. The van der Waals surface area contributed by atoms with Crippen molar-refractivity contribution in [1.29, 1.82) is 0 Å². The molecular formula is C18H28N2O2S. The number of hydrogen-bond acceptors (Lipinski definition) is 5. The molecule has 0 spiro atoms. The summed E-state index contributed by atoms with van der Waals surface area (Å²) in [6, 6.07) is 0. The maximum Gasteiger partial charge on any atom is 0.107 e. The molecule has 3 fully saturated rings. The van der Waals surface area contributed by atoms with E-state index in [9.17, 15) is 0 Å². The lowest BCUT2D eigenvalue weighted by Crippen LogP contribution is -2.33. The molecule has 4 rings (SSSR count). The van der Waals surface area contributed by atoms with E-state index in [0.29, 0.717) is 11.3 Å². The number of rotatable bonds is 6. The molecule has 2 atom stereocenters. The van der Waals surface area contributed by atoms with Gasteiger partial charge in [0.2, 0.25) is 0 Å². The van der Waals surface area contributed by atoms with Crippen molar-refractivity contribution in [3.8, 4) is 0 Å². The lowest BCUT2D eigenvalue weighted by Gasteiger charge is -2.30. The molecule has 3 aliphatic rings. The Morgan fingerprint density at radius 2 is 2.26 bits per heavy atom. The summed E-state index contributed by atoms with van der Waals surface area (Å²) in [6.07, 6.45) is 8.38. The van der Waals surface area contributed by atoms with Gasteiger partial charge >= 0.3 is 0 Å². The van der Waals surface area contributed by atoms with Crippen molar-refractivity contribution in [1.82, 2.24) is 9.88 Å². The zero-order valence-corrected chi connectivity index (χ0v) is 14.7. The van der Waals surface area contributed by atoms with Crippen LogP contribution in [0.25, 0.3) is 0 Å². The number of nitrogens with zero attached hydrogens (tertiary/aromatic N) is 2. The summed E-state index contributed by atoms with van der Waals surface area (Å²) in [5, 5.41) is 3.34. The first-order valence-electron chi connectivity index (χ1n) is 9.10. The highest BCUT2D eigenvalue weighted by atomic mass is 32.1. The Kier molecular flexibility index (Phi) is 4.99. The molecule has 128 valence electrons. The van der Waals surface area contributed by atoms with Gasteiger partial charge in [-0.3, -0.25) is 4.90 Å². The van der Waals surface area contributed by atoms with Crippen LogP contribution in [-0.4, -0.2) is 49.4 Å². The van der Waals surface area contributed by atoms with Crippen molar-refractivity contribution >= 4 is 11.3 Å². The van der Waals surface area contributed by atoms with Crippen LogP contribution in [0, 0.1) is 17.3 Å². The molecule has 3 heterocycles. The second kappa shape index (κ2) is 7.18. The van der Waals surface area contributed by atoms with Gasteiger partial charge in [-0.1, -0.05) is 6.42 Å². The summed E-state index contributed by atoms with van der Waals surface area (Å²) < 4.78 is 11.7. The van der Waals surface area contributed by atoms with E-state index in [4.69, 9.17) is 9.47 Å². The van der Waals surface area contributed by atoms with Crippen LogP contribution in [-0.2, 0) is 16.0 Å². The van der Waals surface area contributed by atoms with E-state index >= 15 is 0 Å². The van der Waals surface area contributed by atoms with Gasteiger partial charge < -0.3 is 9.47 Å². The van der Waals surface area contributed by atoms with Crippen LogP contribution in [0.5, 0.6) is 0 Å². The van der Waals surface area contributed by atoms with Crippen molar-refractivity contribution < 1.29 is 9.47 Å². The monoisotopic (exact) mass is 336 g/mol. The number of aromatic nitrogens is 1. The Bertz CT molecular complexity index is 489. The minimum absolute atomic E-state index is 0.419. The predicted octanol–water partition coefficient (Wildman–Crippen LogP) is 3.19. The number of thiazole rings is 1. The highest BCUT2D eigenvalue weighted by Gasteiger charge is 2.49. The third-order valence-electron chi connectivity index (χ3n) is 6.04. The third kappa shape index (κ3) is 3.63.